The van der Waals surface area contributed by atoms with E-state index in [9.17, 15) is 4.79 Å². The first-order valence-electron chi connectivity index (χ1n) is 7.27. The van der Waals surface area contributed by atoms with Crippen LogP contribution in [0.25, 0.3) is 0 Å². The van der Waals surface area contributed by atoms with Crippen molar-refractivity contribution in [3.8, 4) is 0 Å². The van der Waals surface area contributed by atoms with Crippen LogP contribution in [0.1, 0.15) is 37.3 Å². The second-order valence-corrected chi connectivity index (χ2v) is 6.15. The summed E-state index contributed by atoms with van der Waals surface area (Å²) in [5, 5.41) is 0. The molecule has 3 aliphatic heterocycles. The van der Waals surface area contributed by atoms with Gasteiger partial charge in [0.2, 0.25) is 0 Å². The van der Waals surface area contributed by atoms with E-state index < -0.39 is 0 Å². The van der Waals surface area contributed by atoms with Crippen molar-refractivity contribution in [1.29, 1.82) is 0 Å². The minimum Gasteiger partial charge on any atom is -0.312 e. The molecule has 3 nitrogen and oxygen atoms in total. The number of rotatable bonds is 0. The summed E-state index contributed by atoms with van der Waals surface area (Å²) in [6.45, 7) is 3.39. The summed E-state index contributed by atoms with van der Waals surface area (Å²) in [6, 6.07) is 6.54. The van der Waals surface area contributed by atoms with E-state index in [0.717, 1.165) is 12.6 Å². The normalized spacial score (nSPS) is 34.8. The number of piperidine rings is 2. The zero-order chi connectivity index (χ0) is 12.1. The third-order valence-electron chi connectivity index (χ3n) is 5.17. The second kappa shape index (κ2) is 3.95. The Hall–Kier alpha value is -1.09. The summed E-state index contributed by atoms with van der Waals surface area (Å²) >= 11 is 0. The highest BCUT2D eigenvalue weighted by atomic mass is 16.1. The van der Waals surface area contributed by atoms with Gasteiger partial charge in [-0.15, -0.1) is 0 Å². The lowest BCUT2D eigenvalue weighted by atomic mass is 9.75. The van der Waals surface area contributed by atoms with Crippen LogP contribution in [0.15, 0.2) is 23.0 Å². The molecule has 1 unspecified atom stereocenters. The smallest absolute Gasteiger partial charge is 0.250 e. The van der Waals surface area contributed by atoms with Gasteiger partial charge in [0.1, 0.15) is 0 Å². The third kappa shape index (κ3) is 1.50. The molecule has 3 aliphatic rings. The van der Waals surface area contributed by atoms with Gasteiger partial charge in [0.15, 0.2) is 0 Å². The summed E-state index contributed by atoms with van der Waals surface area (Å²) < 4.78 is 2.05. The quantitative estimate of drug-likeness (QED) is 0.695. The Kier molecular flexibility index (Phi) is 2.37. The average molecular weight is 244 g/mol. The molecule has 4 heterocycles. The second-order valence-electron chi connectivity index (χ2n) is 6.15. The van der Waals surface area contributed by atoms with Gasteiger partial charge in [0.05, 0.1) is 0 Å². The fourth-order valence-electron chi connectivity index (χ4n) is 4.39. The van der Waals surface area contributed by atoms with Crippen LogP contribution < -0.4 is 5.56 Å². The fourth-order valence-corrected chi connectivity index (χ4v) is 4.39. The first-order chi connectivity index (χ1) is 8.83. The lowest BCUT2D eigenvalue weighted by molar-refractivity contribution is 0.0248. The van der Waals surface area contributed by atoms with E-state index in [1.165, 1.54) is 44.5 Å². The molecule has 0 aliphatic carbocycles. The first-order valence-corrected chi connectivity index (χ1v) is 7.27. The van der Waals surface area contributed by atoms with Crippen LogP contribution in [0.4, 0.5) is 0 Å². The molecule has 3 heteroatoms. The summed E-state index contributed by atoms with van der Waals surface area (Å²) in [4.78, 5) is 14.7. The van der Waals surface area contributed by atoms with Crippen molar-refractivity contribution in [3.05, 3.63) is 34.2 Å². The molecular formula is C15H20N2O. The summed E-state index contributed by atoms with van der Waals surface area (Å²) in [7, 11) is 0. The van der Waals surface area contributed by atoms with E-state index in [1.807, 2.05) is 10.6 Å². The van der Waals surface area contributed by atoms with Crippen molar-refractivity contribution in [1.82, 2.24) is 9.47 Å². The van der Waals surface area contributed by atoms with Gasteiger partial charge >= 0.3 is 0 Å². The SMILES string of the molecule is O=c1cccc2n1C[C@@H]1CC2CN2CCCC[C@@H]12. The Balaban J connectivity index is 1.76. The Labute approximate surface area is 107 Å². The van der Waals surface area contributed by atoms with Gasteiger partial charge in [0, 0.05) is 36.8 Å². The van der Waals surface area contributed by atoms with E-state index in [-0.39, 0.29) is 5.56 Å². The molecule has 96 valence electrons. The molecule has 2 saturated heterocycles. The fraction of sp³-hybridized carbons (Fsp3) is 0.667. The molecule has 0 saturated carbocycles. The van der Waals surface area contributed by atoms with E-state index in [0.29, 0.717) is 11.8 Å². The van der Waals surface area contributed by atoms with E-state index >= 15 is 0 Å². The van der Waals surface area contributed by atoms with Crippen molar-refractivity contribution in [2.24, 2.45) is 5.92 Å². The van der Waals surface area contributed by atoms with Gasteiger partial charge in [-0.2, -0.15) is 0 Å². The third-order valence-corrected chi connectivity index (χ3v) is 5.17. The van der Waals surface area contributed by atoms with Crippen molar-refractivity contribution in [2.75, 3.05) is 13.1 Å². The number of hydrogen-bond acceptors (Lipinski definition) is 2. The molecule has 0 radical (unpaired) electrons. The molecule has 0 N–H and O–H groups in total. The van der Waals surface area contributed by atoms with Crippen LogP contribution in [0, 0.1) is 5.92 Å². The maximum atomic E-state index is 12.0. The number of hydrogen-bond donors (Lipinski definition) is 0. The van der Waals surface area contributed by atoms with Crippen molar-refractivity contribution < 1.29 is 0 Å². The Morgan fingerprint density at radius 2 is 2.11 bits per heavy atom. The Morgan fingerprint density at radius 3 is 3.06 bits per heavy atom. The number of fused-ring (bicyclic) bond motifs is 6. The predicted molar refractivity (Wildman–Crippen MR) is 70.8 cm³/mol. The molecule has 18 heavy (non-hydrogen) atoms. The number of nitrogens with zero attached hydrogens (tertiary/aromatic N) is 2. The van der Waals surface area contributed by atoms with Crippen LogP contribution in [0.3, 0.4) is 0 Å². The zero-order valence-corrected chi connectivity index (χ0v) is 10.7. The van der Waals surface area contributed by atoms with Crippen molar-refractivity contribution >= 4 is 0 Å². The van der Waals surface area contributed by atoms with E-state index in [2.05, 4.69) is 11.0 Å². The van der Waals surface area contributed by atoms with Crippen molar-refractivity contribution in [3.63, 3.8) is 0 Å². The molecule has 0 amide bonds. The van der Waals surface area contributed by atoms with Gasteiger partial charge in [-0.1, -0.05) is 12.5 Å². The maximum Gasteiger partial charge on any atom is 0.250 e. The highest BCUT2D eigenvalue weighted by Gasteiger charge is 2.41. The molecule has 3 atom stereocenters. The van der Waals surface area contributed by atoms with Crippen LogP contribution in [0.5, 0.6) is 0 Å². The van der Waals surface area contributed by atoms with Crippen molar-refractivity contribution in [2.45, 2.75) is 44.2 Å². The van der Waals surface area contributed by atoms with Crippen LogP contribution in [-0.4, -0.2) is 28.6 Å². The standard InChI is InChI=1S/C15H20N2O/c18-15-6-3-5-14-11-8-12(10-17(14)15)13-4-1-2-7-16(13)9-11/h3,5-6,11-13H,1-2,4,7-10H2/t11?,12-,13-/m0/s1. The van der Waals surface area contributed by atoms with Gasteiger partial charge in [0.25, 0.3) is 5.56 Å². The minimum atomic E-state index is 0.200. The molecule has 1 aromatic rings. The lowest BCUT2D eigenvalue weighted by Crippen LogP contribution is -2.54. The highest BCUT2D eigenvalue weighted by molar-refractivity contribution is 5.18. The van der Waals surface area contributed by atoms with E-state index in [1.54, 1.807) is 6.07 Å². The van der Waals surface area contributed by atoms with Gasteiger partial charge in [-0.25, -0.2) is 0 Å². The number of pyridine rings is 1. The monoisotopic (exact) mass is 244 g/mol. The average Bonchev–Trinajstić information content (AvgIpc) is 2.40. The predicted octanol–water partition coefficient (Wildman–Crippen LogP) is 1.82. The van der Waals surface area contributed by atoms with E-state index in [4.69, 9.17) is 0 Å². The highest BCUT2D eigenvalue weighted by Crippen LogP contribution is 2.41. The molecular weight excluding hydrogens is 224 g/mol. The van der Waals surface area contributed by atoms with Crippen LogP contribution in [0.2, 0.25) is 0 Å². The molecule has 0 aromatic carbocycles. The lowest BCUT2D eigenvalue weighted by Gasteiger charge is -2.50. The summed E-state index contributed by atoms with van der Waals surface area (Å²) in [6.07, 6.45) is 5.37. The molecule has 2 bridgehead atoms. The minimum absolute atomic E-state index is 0.200. The molecule has 4 rings (SSSR count). The summed E-state index contributed by atoms with van der Waals surface area (Å²) in [5.41, 5.74) is 1.48. The molecule has 2 fully saturated rings. The van der Waals surface area contributed by atoms with Crippen LogP contribution >= 0.6 is 0 Å². The molecule has 1 aromatic heterocycles. The first kappa shape index (κ1) is 10.8. The van der Waals surface area contributed by atoms with Gasteiger partial charge < -0.3 is 4.57 Å². The van der Waals surface area contributed by atoms with Gasteiger partial charge in [-0.3, -0.25) is 9.69 Å². The van der Waals surface area contributed by atoms with Crippen LogP contribution in [-0.2, 0) is 6.54 Å². The Morgan fingerprint density at radius 1 is 1.17 bits per heavy atom. The number of aromatic nitrogens is 1. The topological polar surface area (TPSA) is 25.2 Å². The zero-order valence-electron chi connectivity index (χ0n) is 10.7. The Bertz CT molecular complexity index is 521. The molecule has 0 spiro atoms. The maximum absolute atomic E-state index is 12.0. The largest absolute Gasteiger partial charge is 0.312 e. The summed E-state index contributed by atoms with van der Waals surface area (Å²) in [5.74, 6) is 1.30. The van der Waals surface area contributed by atoms with Gasteiger partial charge in [-0.05, 0) is 37.8 Å².